The van der Waals surface area contributed by atoms with E-state index in [1.165, 1.54) is 18.6 Å². The number of aromatic nitrogens is 2. The number of rotatable bonds is 8. The summed E-state index contributed by atoms with van der Waals surface area (Å²) in [5, 5.41) is 13.7. The number of carbonyl (C=O) groups is 2. The number of nitrogens with one attached hydrogen (secondary N) is 1. The monoisotopic (exact) mass is 571 g/mol. The number of amides is 2. The summed E-state index contributed by atoms with van der Waals surface area (Å²) < 4.78 is 6.55. The lowest BCUT2D eigenvalue weighted by molar-refractivity contribution is 0.0343. The second-order valence-electron chi connectivity index (χ2n) is 9.79. The van der Waals surface area contributed by atoms with Crippen LogP contribution in [0.2, 0.25) is 10.0 Å². The van der Waals surface area contributed by atoms with Gasteiger partial charge in [0.05, 0.1) is 40.1 Å². The molecule has 0 aliphatic carbocycles. The van der Waals surface area contributed by atoms with Gasteiger partial charge in [0.1, 0.15) is 11.8 Å². The normalized spacial score (nSPS) is 18.1. The van der Waals surface area contributed by atoms with Crippen molar-refractivity contribution >= 4 is 40.7 Å². The van der Waals surface area contributed by atoms with Gasteiger partial charge in [-0.05, 0) is 43.8 Å². The fourth-order valence-electron chi connectivity index (χ4n) is 4.48. The quantitative estimate of drug-likeness (QED) is 0.412. The molecular weight excluding hydrogens is 541 g/mol. The molecule has 2 aromatic carbocycles. The Kier molecular flexibility index (Phi) is 9.40. The van der Waals surface area contributed by atoms with Crippen molar-refractivity contribution in [3.8, 4) is 5.75 Å². The lowest BCUT2D eigenvalue weighted by Gasteiger charge is -2.38. The third-order valence-corrected chi connectivity index (χ3v) is 7.40. The van der Waals surface area contributed by atoms with Crippen LogP contribution in [0, 0.1) is 5.92 Å². The lowest BCUT2D eigenvalue weighted by atomic mass is 9.98. The summed E-state index contributed by atoms with van der Waals surface area (Å²) in [6.45, 7) is 5.13. The van der Waals surface area contributed by atoms with Gasteiger partial charge >= 0.3 is 0 Å². The molecule has 11 heteroatoms. The van der Waals surface area contributed by atoms with Gasteiger partial charge in [0.15, 0.2) is 5.75 Å². The van der Waals surface area contributed by atoms with Crippen molar-refractivity contribution in [3.63, 3.8) is 0 Å². The number of nitrogens with zero attached hydrogens (tertiary/aromatic N) is 4. The van der Waals surface area contributed by atoms with Crippen molar-refractivity contribution < 1.29 is 19.4 Å². The van der Waals surface area contributed by atoms with E-state index in [0.29, 0.717) is 40.9 Å². The van der Waals surface area contributed by atoms with E-state index in [1.807, 2.05) is 26.1 Å². The van der Waals surface area contributed by atoms with Crippen molar-refractivity contribution in [3.05, 3.63) is 81.9 Å². The summed E-state index contributed by atoms with van der Waals surface area (Å²) in [7, 11) is 1.97. The predicted octanol–water partition coefficient (Wildman–Crippen LogP) is 4.39. The van der Waals surface area contributed by atoms with E-state index in [-0.39, 0.29) is 36.0 Å². The van der Waals surface area contributed by atoms with Gasteiger partial charge in [0.2, 0.25) is 0 Å². The molecule has 1 aliphatic heterocycles. The van der Waals surface area contributed by atoms with Gasteiger partial charge in [-0.15, -0.1) is 0 Å². The number of para-hydroxylation sites is 1. The Labute approximate surface area is 237 Å². The molecule has 0 fully saturated rings. The number of ether oxygens (including phenoxy) is 1. The van der Waals surface area contributed by atoms with Gasteiger partial charge in [-0.3, -0.25) is 19.5 Å². The smallest absolute Gasteiger partial charge is 0.275 e. The van der Waals surface area contributed by atoms with Crippen LogP contribution in [-0.2, 0) is 6.54 Å². The van der Waals surface area contributed by atoms with Crippen molar-refractivity contribution in [2.75, 3.05) is 32.1 Å². The molecule has 3 aromatic rings. The van der Waals surface area contributed by atoms with Crippen molar-refractivity contribution in [1.82, 2.24) is 19.8 Å². The van der Waals surface area contributed by atoms with Crippen LogP contribution in [0.15, 0.2) is 55.0 Å². The van der Waals surface area contributed by atoms with Crippen molar-refractivity contribution in [1.29, 1.82) is 0 Å². The number of benzene rings is 2. The van der Waals surface area contributed by atoms with Crippen LogP contribution in [0.5, 0.6) is 5.75 Å². The van der Waals surface area contributed by atoms with Crippen molar-refractivity contribution in [2.45, 2.75) is 32.5 Å². The fraction of sp³-hybridized carbons (Fsp3) is 0.357. The number of aliphatic hydroxyl groups is 1. The first kappa shape index (κ1) is 28.8. The molecule has 39 heavy (non-hydrogen) atoms. The van der Waals surface area contributed by atoms with Gasteiger partial charge in [-0.2, -0.15) is 0 Å². The van der Waals surface area contributed by atoms with E-state index in [4.69, 9.17) is 27.9 Å². The Morgan fingerprint density at radius 3 is 2.74 bits per heavy atom. The van der Waals surface area contributed by atoms with E-state index in [0.717, 1.165) is 5.56 Å². The summed E-state index contributed by atoms with van der Waals surface area (Å²) >= 11 is 12.3. The predicted molar refractivity (Wildman–Crippen MR) is 150 cm³/mol. The van der Waals surface area contributed by atoms with Crippen LogP contribution in [-0.4, -0.2) is 75.6 Å². The maximum absolute atomic E-state index is 13.6. The Morgan fingerprint density at radius 2 is 2.05 bits per heavy atom. The van der Waals surface area contributed by atoms with E-state index in [9.17, 15) is 14.7 Å². The summed E-state index contributed by atoms with van der Waals surface area (Å²) in [4.78, 5) is 38.3. The Balaban J connectivity index is 1.66. The zero-order chi connectivity index (χ0) is 28.1. The minimum Gasteiger partial charge on any atom is -0.486 e. The summed E-state index contributed by atoms with van der Waals surface area (Å²) in [6, 6.07) is 10.2. The Hall–Kier alpha value is -3.24. The molecule has 2 N–H and O–H groups in total. The van der Waals surface area contributed by atoms with E-state index in [1.54, 1.807) is 36.1 Å². The van der Waals surface area contributed by atoms with Gasteiger partial charge in [-0.1, -0.05) is 42.3 Å². The van der Waals surface area contributed by atoms with Gasteiger partial charge < -0.3 is 20.1 Å². The van der Waals surface area contributed by atoms with E-state index < -0.39 is 11.9 Å². The highest BCUT2D eigenvalue weighted by Gasteiger charge is 2.34. The number of hydrogen-bond donors (Lipinski definition) is 2. The number of anilines is 1. The molecule has 1 aromatic heterocycles. The van der Waals surface area contributed by atoms with Gasteiger partial charge in [0.25, 0.3) is 11.8 Å². The fourth-order valence-corrected chi connectivity index (χ4v) is 4.80. The summed E-state index contributed by atoms with van der Waals surface area (Å²) in [5.74, 6) is -0.585. The first-order chi connectivity index (χ1) is 18.7. The van der Waals surface area contributed by atoms with Crippen LogP contribution in [0.1, 0.15) is 40.3 Å². The molecule has 0 radical (unpaired) electrons. The topological polar surface area (TPSA) is 108 Å². The number of hydrogen-bond acceptors (Lipinski definition) is 7. The first-order valence-corrected chi connectivity index (χ1v) is 13.3. The molecule has 0 unspecified atom stereocenters. The summed E-state index contributed by atoms with van der Waals surface area (Å²) in [6.07, 6.45) is 3.92. The molecule has 0 bridgehead atoms. The minimum atomic E-state index is -0.475. The standard InChI is InChI=1S/C28H31Cl2N5O4/c1-17-13-35(18(2)16-36)28(38)20-5-4-6-23(33-27(37)24-12-31-9-10-32-24)26(20)39-25(17)15-34(3)14-19-7-8-21(29)22(30)11-19/h4-12,17-18,25,36H,13-16H2,1-3H3,(H,33,37)/t17-,18-,25-/m1/s1. The molecule has 206 valence electrons. The zero-order valence-corrected chi connectivity index (χ0v) is 23.5. The largest absolute Gasteiger partial charge is 0.486 e. The average Bonchev–Trinajstić information content (AvgIpc) is 2.93. The minimum absolute atomic E-state index is 0.101. The third-order valence-electron chi connectivity index (χ3n) is 6.66. The van der Waals surface area contributed by atoms with E-state index in [2.05, 4.69) is 20.2 Å². The molecule has 0 saturated heterocycles. The highest BCUT2D eigenvalue weighted by atomic mass is 35.5. The molecule has 0 saturated carbocycles. The van der Waals surface area contributed by atoms with E-state index >= 15 is 0 Å². The second kappa shape index (κ2) is 12.7. The number of halogens is 2. The van der Waals surface area contributed by atoms with Crippen LogP contribution in [0.3, 0.4) is 0 Å². The van der Waals surface area contributed by atoms with Crippen LogP contribution < -0.4 is 10.1 Å². The summed E-state index contributed by atoms with van der Waals surface area (Å²) in [5.41, 5.74) is 1.78. The number of aliphatic hydroxyl groups excluding tert-OH is 1. The molecule has 2 amide bonds. The second-order valence-corrected chi connectivity index (χ2v) is 10.6. The SMILES string of the molecule is C[C@@H]1CN([C@H](C)CO)C(=O)c2cccc(NC(=O)c3cnccn3)c2O[C@@H]1CN(C)Cc1ccc(Cl)c(Cl)c1. The Bertz CT molecular complexity index is 1330. The average molecular weight is 572 g/mol. The molecule has 2 heterocycles. The van der Waals surface area contributed by atoms with Crippen LogP contribution in [0.25, 0.3) is 0 Å². The first-order valence-electron chi connectivity index (χ1n) is 12.6. The molecule has 9 nitrogen and oxygen atoms in total. The molecule has 0 spiro atoms. The van der Waals surface area contributed by atoms with Crippen molar-refractivity contribution in [2.24, 2.45) is 5.92 Å². The van der Waals surface area contributed by atoms with Crippen LogP contribution in [0.4, 0.5) is 5.69 Å². The van der Waals surface area contributed by atoms with Gasteiger partial charge in [-0.25, -0.2) is 4.98 Å². The molecule has 3 atom stereocenters. The number of carbonyl (C=O) groups excluding carboxylic acids is 2. The highest BCUT2D eigenvalue weighted by Crippen LogP contribution is 2.35. The zero-order valence-electron chi connectivity index (χ0n) is 22.0. The Morgan fingerprint density at radius 1 is 1.26 bits per heavy atom. The molecular formula is C28H31Cl2N5O4. The molecule has 4 rings (SSSR count). The van der Waals surface area contributed by atoms with Gasteiger partial charge in [0, 0.05) is 37.9 Å². The third kappa shape index (κ3) is 6.86. The number of fused-ring (bicyclic) bond motifs is 1. The maximum Gasteiger partial charge on any atom is 0.275 e. The number of likely N-dealkylation sites (N-methyl/N-ethyl adjacent to an activating group) is 1. The lowest BCUT2D eigenvalue weighted by Crippen LogP contribution is -2.49. The highest BCUT2D eigenvalue weighted by molar-refractivity contribution is 6.42. The molecule has 1 aliphatic rings. The van der Waals surface area contributed by atoms with Crippen LogP contribution >= 0.6 is 23.2 Å². The maximum atomic E-state index is 13.6.